The molecule has 2 nitrogen and oxygen atoms in total. The van der Waals surface area contributed by atoms with Gasteiger partial charge >= 0.3 is 0 Å². The lowest BCUT2D eigenvalue weighted by Gasteiger charge is -2.39. The van der Waals surface area contributed by atoms with Gasteiger partial charge in [0.05, 0.1) is 11.1 Å². The maximum Gasteiger partial charge on any atom is 0.132 e. The Morgan fingerprint density at radius 2 is 1.04 bits per heavy atom. The van der Waals surface area contributed by atoms with Crippen LogP contribution >= 0.6 is 22.7 Å². The maximum atomic E-state index is 6.60. The molecule has 4 heteroatoms. The van der Waals surface area contributed by atoms with Gasteiger partial charge in [0, 0.05) is 62.8 Å². The van der Waals surface area contributed by atoms with Crippen molar-refractivity contribution < 1.29 is 4.74 Å². The van der Waals surface area contributed by atoms with E-state index in [2.05, 4.69) is 181 Å². The highest BCUT2D eigenvalue weighted by Gasteiger charge is 2.51. The van der Waals surface area contributed by atoms with Gasteiger partial charge in [0.1, 0.15) is 11.5 Å². The first-order valence-corrected chi connectivity index (χ1v) is 19.6. The van der Waals surface area contributed by atoms with E-state index in [-0.39, 0.29) is 0 Å². The van der Waals surface area contributed by atoms with Gasteiger partial charge in [0.25, 0.3) is 0 Å². The van der Waals surface area contributed by atoms with Crippen molar-refractivity contribution in [2.24, 2.45) is 0 Å². The van der Waals surface area contributed by atoms with Gasteiger partial charge in [-0.3, -0.25) is 0 Å². The molecule has 8 aromatic carbocycles. The average Bonchev–Trinajstić information content (AvgIpc) is 3.86. The largest absolute Gasteiger partial charge is 0.457 e. The van der Waals surface area contributed by atoms with Gasteiger partial charge in [0.15, 0.2) is 0 Å². The first-order chi connectivity index (χ1) is 26.3. The Kier molecular flexibility index (Phi) is 6.05. The molecule has 10 aromatic rings. The van der Waals surface area contributed by atoms with Crippen molar-refractivity contribution in [3.8, 4) is 22.6 Å². The van der Waals surface area contributed by atoms with Gasteiger partial charge in [-0.2, -0.15) is 0 Å². The van der Waals surface area contributed by atoms with Gasteiger partial charge in [-0.05, 0) is 89.0 Å². The van der Waals surface area contributed by atoms with Crippen LogP contribution in [-0.2, 0) is 5.41 Å². The summed E-state index contributed by atoms with van der Waals surface area (Å²) >= 11 is 3.75. The Morgan fingerprint density at radius 3 is 1.87 bits per heavy atom. The smallest absolute Gasteiger partial charge is 0.132 e. The molecule has 0 unspecified atom stereocenters. The standard InChI is InChI=1S/C49H29NOS2/c1-2-13-30(14-3-1)50(31-25-26-34-33-16-5-11-23-44(33)52-46(34)27-31)41-20-12-24-45-48(41)36-28-35-32-15-4-6-17-37(32)49(40(35)29-47(36)53-45)38-18-7-9-21-42(38)51-43-22-10-8-19-39(43)49/h1-29H. The quantitative estimate of drug-likeness (QED) is 0.181. The maximum absolute atomic E-state index is 6.60. The average molecular weight is 712 g/mol. The van der Waals surface area contributed by atoms with E-state index in [9.17, 15) is 0 Å². The van der Waals surface area contributed by atoms with Crippen molar-refractivity contribution in [2.75, 3.05) is 4.90 Å². The molecule has 0 radical (unpaired) electrons. The molecule has 0 saturated carbocycles. The van der Waals surface area contributed by atoms with E-state index in [0.717, 1.165) is 22.9 Å². The van der Waals surface area contributed by atoms with Gasteiger partial charge in [-0.15, -0.1) is 22.7 Å². The Balaban J connectivity index is 1.14. The van der Waals surface area contributed by atoms with Crippen LogP contribution in [0.25, 0.3) is 51.5 Å². The summed E-state index contributed by atoms with van der Waals surface area (Å²) in [6, 6.07) is 64.5. The van der Waals surface area contributed by atoms with Gasteiger partial charge < -0.3 is 9.64 Å². The highest BCUT2D eigenvalue weighted by Crippen LogP contribution is 2.63. The fraction of sp³-hybridized carbons (Fsp3) is 0.0204. The molecule has 0 bridgehead atoms. The zero-order valence-electron chi connectivity index (χ0n) is 28.4. The SMILES string of the molecule is c1ccc(N(c2ccc3c(c2)sc2ccccc23)c2cccc3sc4cc5c(cc4c23)-c2ccccc2C52c3ccccc3Oc3ccccc32)cc1. The molecule has 0 N–H and O–H groups in total. The molecule has 1 aliphatic heterocycles. The van der Waals surface area contributed by atoms with E-state index in [1.54, 1.807) is 0 Å². The van der Waals surface area contributed by atoms with Crippen LogP contribution in [0.15, 0.2) is 176 Å². The van der Waals surface area contributed by atoms with Crippen LogP contribution in [0, 0.1) is 0 Å². The molecule has 0 saturated heterocycles. The topological polar surface area (TPSA) is 12.5 Å². The molecule has 248 valence electrons. The fourth-order valence-corrected chi connectivity index (χ4v) is 11.5. The molecule has 0 amide bonds. The summed E-state index contributed by atoms with van der Waals surface area (Å²) in [7, 11) is 0. The van der Waals surface area contributed by atoms with Gasteiger partial charge in [0.2, 0.25) is 0 Å². The van der Waals surface area contributed by atoms with E-state index in [1.807, 2.05) is 22.7 Å². The fourth-order valence-electron chi connectivity index (χ4n) is 9.20. The minimum Gasteiger partial charge on any atom is -0.457 e. The van der Waals surface area contributed by atoms with Crippen molar-refractivity contribution in [1.82, 2.24) is 0 Å². The summed E-state index contributed by atoms with van der Waals surface area (Å²) in [5.74, 6) is 1.84. The second kappa shape index (κ2) is 10.9. The first-order valence-electron chi connectivity index (χ1n) is 18.0. The number of para-hydroxylation sites is 3. The predicted molar refractivity (Wildman–Crippen MR) is 224 cm³/mol. The molecule has 0 atom stereocenters. The van der Waals surface area contributed by atoms with Crippen molar-refractivity contribution in [1.29, 1.82) is 0 Å². The number of fused-ring (bicyclic) bond motifs is 15. The number of rotatable bonds is 3. The molecule has 3 heterocycles. The zero-order valence-corrected chi connectivity index (χ0v) is 30.0. The number of thiophene rings is 2. The van der Waals surface area contributed by atoms with Gasteiger partial charge in [-0.25, -0.2) is 0 Å². The van der Waals surface area contributed by atoms with Crippen LogP contribution in [0.1, 0.15) is 22.3 Å². The van der Waals surface area contributed by atoms with E-state index in [4.69, 9.17) is 4.74 Å². The molecule has 1 aliphatic carbocycles. The second-order valence-corrected chi connectivity index (χ2v) is 16.2. The van der Waals surface area contributed by atoms with Crippen molar-refractivity contribution in [2.45, 2.75) is 5.41 Å². The third-order valence-corrected chi connectivity index (χ3v) is 13.6. The van der Waals surface area contributed by atoms with Crippen LogP contribution in [0.5, 0.6) is 11.5 Å². The number of anilines is 3. The van der Waals surface area contributed by atoms with Crippen LogP contribution in [0.2, 0.25) is 0 Å². The number of hydrogen-bond donors (Lipinski definition) is 0. The molecular formula is C49H29NOS2. The summed E-state index contributed by atoms with van der Waals surface area (Å²) in [4.78, 5) is 2.45. The van der Waals surface area contributed by atoms with E-state index in [0.29, 0.717) is 0 Å². The lowest BCUT2D eigenvalue weighted by Crippen LogP contribution is -2.32. The summed E-state index contributed by atoms with van der Waals surface area (Å²) in [5.41, 5.74) is 10.6. The number of nitrogens with zero attached hydrogens (tertiary/aromatic N) is 1. The minimum atomic E-state index is -0.486. The van der Waals surface area contributed by atoms with E-state index < -0.39 is 5.41 Å². The Labute approximate surface area is 314 Å². The molecule has 53 heavy (non-hydrogen) atoms. The summed E-state index contributed by atoms with van der Waals surface area (Å²) in [6.45, 7) is 0. The monoisotopic (exact) mass is 711 g/mol. The molecule has 12 rings (SSSR count). The first kappa shape index (κ1) is 29.4. The van der Waals surface area contributed by atoms with Crippen LogP contribution in [-0.4, -0.2) is 0 Å². The molecule has 2 aliphatic rings. The van der Waals surface area contributed by atoms with E-state index >= 15 is 0 Å². The van der Waals surface area contributed by atoms with Crippen LogP contribution in [0.4, 0.5) is 17.1 Å². The summed E-state index contributed by atoms with van der Waals surface area (Å²) in [5, 5.41) is 5.18. The lowest BCUT2D eigenvalue weighted by molar-refractivity contribution is 0.436. The lowest BCUT2D eigenvalue weighted by atomic mass is 9.66. The molecule has 1 spiro atoms. The molecule has 0 fully saturated rings. The van der Waals surface area contributed by atoms with Crippen LogP contribution in [0.3, 0.4) is 0 Å². The molecular weight excluding hydrogens is 683 g/mol. The highest BCUT2D eigenvalue weighted by atomic mass is 32.1. The third-order valence-electron chi connectivity index (χ3n) is 11.3. The second-order valence-electron chi connectivity index (χ2n) is 14.0. The molecule has 2 aromatic heterocycles. The predicted octanol–water partition coefficient (Wildman–Crippen LogP) is 14.4. The summed E-state index contributed by atoms with van der Waals surface area (Å²) < 4.78 is 11.8. The zero-order chi connectivity index (χ0) is 34.7. The summed E-state index contributed by atoms with van der Waals surface area (Å²) in [6.07, 6.45) is 0. The van der Waals surface area contributed by atoms with E-state index in [1.165, 1.54) is 79.4 Å². The number of ether oxygens (including phenoxy) is 1. The number of benzene rings is 8. The Hall–Kier alpha value is -6.20. The highest BCUT2D eigenvalue weighted by molar-refractivity contribution is 7.26. The normalized spacial score (nSPS) is 13.6. The number of hydrogen-bond acceptors (Lipinski definition) is 4. The Bertz CT molecular complexity index is 3070. The van der Waals surface area contributed by atoms with Crippen molar-refractivity contribution in [3.63, 3.8) is 0 Å². The van der Waals surface area contributed by atoms with Crippen molar-refractivity contribution in [3.05, 3.63) is 198 Å². The minimum absolute atomic E-state index is 0.486. The Morgan fingerprint density at radius 1 is 0.396 bits per heavy atom. The van der Waals surface area contributed by atoms with Gasteiger partial charge in [-0.1, -0.05) is 109 Å². The van der Waals surface area contributed by atoms with Crippen LogP contribution < -0.4 is 9.64 Å². The third kappa shape index (κ3) is 3.97. The van der Waals surface area contributed by atoms with Crippen molar-refractivity contribution >= 4 is 80.1 Å².